The first-order valence-electron chi connectivity index (χ1n) is 6.55. The van der Waals surface area contributed by atoms with Crippen LogP contribution in [0.3, 0.4) is 0 Å². The monoisotopic (exact) mass is 287 g/mol. The minimum atomic E-state index is 0. The van der Waals surface area contributed by atoms with Crippen molar-refractivity contribution in [3.63, 3.8) is 0 Å². The van der Waals surface area contributed by atoms with Crippen LogP contribution in [0, 0.1) is 6.92 Å². The SMILES string of the molecule is Cc1cc(CC(=O)N2CCCCC2C(C)N)no1.Cl. The number of aromatic nitrogens is 1. The van der Waals surface area contributed by atoms with Crippen LogP contribution in [-0.2, 0) is 11.2 Å². The number of carbonyl (C=O) groups excluding carboxylic acids is 1. The molecule has 2 heterocycles. The molecule has 2 atom stereocenters. The van der Waals surface area contributed by atoms with Crippen LogP contribution in [0.4, 0.5) is 0 Å². The summed E-state index contributed by atoms with van der Waals surface area (Å²) in [5.41, 5.74) is 6.67. The van der Waals surface area contributed by atoms with Gasteiger partial charge < -0.3 is 15.2 Å². The Balaban J connectivity index is 0.00000180. The fourth-order valence-corrected chi connectivity index (χ4v) is 2.57. The lowest BCUT2D eigenvalue weighted by molar-refractivity contribution is -0.134. The number of halogens is 1. The summed E-state index contributed by atoms with van der Waals surface area (Å²) in [5.74, 6) is 0.838. The lowest BCUT2D eigenvalue weighted by Crippen LogP contribution is -2.52. The Morgan fingerprint density at radius 2 is 2.37 bits per heavy atom. The summed E-state index contributed by atoms with van der Waals surface area (Å²) >= 11 is 0. The highest BCUT2D eigenvalue weighted by molar-refractivity contribution is 5.85. The Kier molecular flexibility index (Phi) is 5.82. The van der Waals surface area contributed by atoms with Crippen molar-refractivity contribution in [2.45, 2.75) is 51.6 Å². The summed E-state index contributed by atoms with van der Waals surface area (Å²) in [4.78, 5) is 14.2. The van der Waals surface area contributed by atoms with Gasteiger partial charge in [0.1, 0.15) is 5.76 Å². The van der Waals surface area contributed by atoms with Gasteiger partial charge in [0.2, 0.25) is 5.91 Å². The number of nitrogens with zero attached hydrogens (tertiary/aromatic N) is 2. The van der Waals surface area contributed by atoms with Gasteiger partial charge in [0.25, 0.3) is 0 Å². The number of carbonyl (C=O) groups is 1. The largest absolute Gasteiger partial charge is 0.361 e. The summed E-state index contributed by atoms with van der Waals surface area (Å²) in [6.07, 6.45) is 3.52. The number of aryl methyl sites for hydroxylation is 1. The van der Waals surface area contributed by atoms with Gasteiger partial charge in [-0.05, 0) is 33.1 Å². The third-order valence-corrected chi connectivity index (χ3v) is 3.49. The minimum absolute atomic E-state index is 0. The molecule has 1 fully saturated rings. The molecule has 1 aliphatic heterocycles. The lowest BCUT2D eigenvalue weighted by Gasteiger charge is -2.38. The van der Waals surface area contributed by atoms with Gasteiger partial charge in [-0.2, -0.15) is 0 Å². The minimum Gasteiger partial charge on any atom is -0.361 e. The molecular formula is C13H22ClN3O2. The second-order valence-electron chi connectivity index (χ2n) is 5.12. The molecule has 5 nitrogen and oxygen atoms in total. The Bertz CT molecular complexity index is 420. The maximum Gasteiger partial charge on any atom is 0.229 e. The first-order chi connectivity index (χ1) is 8.58. The predicted molar refractivity (Wildman–Crippen MR) is 75.2 cm³/mol. The zero-order chi connectivity index (χ0) is 13.1. The molecular weight excluding hydrogens is 266 g/mol. The molecule has 108 valence electrons. The van der Waals surface area contributed by atoms with Crippen LogP contribution in [0.15, 0.2) is 10.6 Å². The highest BCUT2D eigenvalue weighted by Crippen LogP contribution is 2.20. The van der Waals surface area contributed by atoms with Crippen LogP contribution in [-0.4, -0.2) is 34.6 Å². The molecule has 0 saturated carbocycles. The van der Waals surface area contributed by atoms with E-state index in [-0.39, 0.29) is 30.4 Å². The van der Waals surface area contributed by atoms with E-state index in [4.69, 9.17) is 10.3 Å². The molecule has 1 aromatic rings. The first-order valence-corrected chi connectivity index (χ1v) is 6.55. The van der Waals surface area contributed by atoms with Crippen LogP contribution in [0.5, 0.6) is 0 Å². The molecule has 2 unspecified atom stereocenters. The zero-order valence-corrected chi connectivity index (χ0v) is 12.3. The highest BCUT2D eigenvalue weighted by Gasteiger charge is 2.29. The van der Waals surface area contributed by atoms with E-state index in [2.05, 4.69) is 5.16 Å². The molecule has 0 radical (unpaired) electrons. The molecule has 0 bridgehead atoms. The van der Waals surface area contributed by atoms with Gasteiger partial charge in [-0.1, -0.05) is 5.16 Å². The second-order valence-corrected chi connectivity index (χ2v) is 5.12. The molecule has 1 saturated heterocycles. The summed E-state index contributed by atoms with van der Waals surface area (Å²) in [5, 5.41) is 3.87. The van der Waals surface area contributed by atoms with Crippen molar-refractivity contribution >= 4 is 18.3 Å². The molecule has 19 heavy (non-hydrogen) atoms. The van der Waals surface area contributed by atoms with Crippen LogP contribution in [0.1, 0.15) is 37.6 Å². The van der Waals surface area contributed by atoms with Gasteiger partial charge in [-0.15, -0.1) is 12.4 Å². The topological polar surface area (TPSA) is 72.4 Å². The molecule has 1 aliphatic rings. The van der Waals surface area contributed by atoms with Gasteiger partial charge >= 0.3 is 0 Å². The molecule has 0 aromatic carbocycles. The third-order valence-electron chi connectivity index (χ3n) is 3.49. The summed E-state index contributed by atoms with van der Waals surface area (Å²) < 4.78 is 4.98. The van der Waals surface area contributed by atoms with E-state index in [0.29, 0.717) is 12.1 Å². The third kappa shape index (κ3) is 3.94. The highest BCUT2D eigenvalue weighted by atomic mass is 35.5. The van der Waals surface area contributed by atoms with E-state index in [1.165, 1.54) is 0 Å². The molecule has 0 spiro atoms. The van der Waals surface area contributed by atoms with E-state index in [1.54, 1.807) is 0 Å². The summed E-state index contributed by atoms with van der Waals surface area (Å²) in [7, 11) is 0. The Morgan fingerprint density at radius 1 is 1.63 bits per heavy atom. The number of amides is 1. The van der Waals surface area contributed by atoms with Gasteiger partial charge in [-0.25, -0.2) is 0 Å². The van der Waals surface area contributed by atoms with E-state index in [0.717, 1.165) is 31.6 Å². The van der Waals surface area contributed by atoms with Crippen LogP contribution in [0.2, 0.25) is 0 Å². The zero-order valence-electron chi connectivity index (χ0n) is 11.5. The van der Waals surface area contributed by atoms with Crippen molar-refractivity contribution in [2.75, 3.05) is 6.54 Å². The van der Waals surface area contributed by atoms with Crippen LogP contribution >= 0.6 is 12.4 Å². The first kappa shape index (κ1) is 16.0. The van der Waals surface area contributed by atoms with Gasteiger partial charge in [-0.3, -0.25) is 4.79 Å². The Labute approximate surface area is 119 Å². The number of hydrogen-bond acceptors (Lipinski definition) is 4. The van der Waals surface area contributed by atoms with Gasteiger partial charge in [0.05, 0.1) is 12.1 Å². The molecule has 0 aliphatic carbocycles. The smallest absolute Gasteiger partial charge is 0.229 e. The van der Waals surface area contributed by atoms with Crippen molar-refractivity contribution in [2.24, 2.45) is 5.73 Å². The van der Waals surface area contributed by atoms with Crippen molar-refractivity contribution in [3.05, 3.63) is 17.5 Å². The molecule has 2 rings (SSSR count). The number of hydrogen-bond donors (Lipinski definition) is 1. The van der Waals surface area contributed by atoms with Gasteiger partial charge in [0.15, 0.2) is 0 Å². The number of nitrogens with two attached hydrogens (primary N) is 1. The quantitative estimate of drug-likeness (QED) is 0.918. The second kappa shape index (κ2) is 6.91. The molecule has 1 amide bonds. The molecule has 6 heteroatoms. The number of piperidine rings is 1. The number of likely N-dealkylation sites (tertiary alicyclic amines) is 1. The Morgan fingerprint density at radius 3 is 2.95 bits per heavy atom. The van der Waals surface area contributed by atoms with Gasteiger partial charge in [0, 0.05) is 24.7 Å². The standard InChI is InChI=1S/C13H21N3O2.ClH/c1-9-7-11(15-18-9)8-13(17)16-6-4-3-5-12(16)10(2)14;/h7,10,12H,3-6,8,14H2,1-2H3;1H. The van der Waals surface area contributed by atoms with E-state index >= 15 is 0 Å². The van der Waals surface area contributed by atoms with Crippen molar-refractivity contribution in [1.29, 1.82) is 0 Å². The van der Waals surface area contributed by atoms with Crippen molar-refractivity contribution in [1.82, 2.24) is 10.1 Å². The molecule has 2 N–H and O–H groups in total. The average Bonchev–Trinajstić information content (AvgIpc) is 2.74. The van der Waals surface area contributed by atoms with Crippen LogP contribution < -0.4 is 5.73 Å². The predicted octanol–water partition coefficient (Wildman–Crippen LogP) is 1.68. The maximum absolute atomic E-state index is 12.3. The van der Waals surface area contributed by atoms with E-state index < -0.39 is 0 Å². The number of rotatable bonds is 3. The fraction of sp³-hybridized carbons (Fsp3) is 0.692. The fourth-order valence-electron chi connectivity index (χ4n) is 2.57. The summed E-state index contributed by atoms with van der Waals surface area (Å²) in [6.45, 7) is 4.60. The average molecular weight is 288 g/mol. The van der Waals surface area contributed by atoms with Crippen molar-refractivity contribution in [3.8, 4) is 0 Å². The van der Waals surface area contributed by atoms with Crippen molar-refractivity contribution < 1.29 is 9.32 Å². The maximum atomic E-state index is 12.3. The summed E-state index contributed by atoms with van der Waals surface area (Å²) in [6, 6.07) is 2.00. The molecule has 1 aromatic heterocycles. The van der Waals surface area contributed by atoms with E-state index in [9.17, 15) is 4.79 Å². The Hall–Kier alpha value is -1.07. The lowest BCUT2D eigenvalue weighted by atomic mass is 9.96. The van der Waals surface area contributed by atoms with E-state index in [1.807, 2.05) is 24.8 Å². The normalized spacial score (nSPS) is 20.8. The van der Waals surface area contributed by atoms with Crippen LogP contribution in [0.25, 0.3) is 0 Å².